The van der Waals surface area contributed by atoms with Gasteiger partial charge >= 0.3 is 0 Å². The van der Waals surface area contributed by atoms with E-state index in [2.05, 4.69) is 15.7 Å². The number of rotatable bonds is 4. The van der Waals surface area contributed by atoms with Gasteiger partial charge in [0.25, 0.3) is 0 Å². The summed E-state index contributed by atoms with van der Waals surface area (Å²) >= 11 is 0. The van der Waals surface area contributed by atoms with Crippen LogP contribution in [0.2, 0.25) is 0 Å². The fraction of sp³-hybridized carbons (Fsp3) is 0.421. The first-order chi connectivity index (χ1) is 13.5. The fourth-order valence-corrected chi connectivity index (χ4v) is 4.00. The van der Waals surface area contributed by atoms with Crippen LogP contribution in [0.15, 0.2) is 30.6 Å². The maximum Gasteiger partial charge on any atom is 0.249 e. The quantitative estimate of drug-likeness (QED) is 0.815. The minimum absolute atomic E-state index is 0.0367. The number of hydrogen-bond acceptors (Lipinski definition) is 4. The Morgan fingerprint density at radius 2 is 2.04 bits per heavy atom. The van der Waals surface area contributed by atoms with E-state index in [1.165, 1.54) is 6.07 Å². The van der Waals surface area contributed by atoms with Crippen molar-refractivity contribution >= 4 is 17.5 Å². The molecule has 0 radical (unpaired) electrons. The minimum atomic E-state index is -0.794. The van der Waals surface area contributed by atoms with Gasteiger partial charge in [0.05, 0.1) is 12.1 Å². The van der Waals surface area contributed by atoms with Crippen LogP contribution < -0.4 is 15.5 Å². The lowest BCUT2D eigenvalue weighted by atomic mass is 9.90. The average Bonchev–Trinajstić information content (AvgIpc) is 3.37. The molecule has 0 spiro atoms. The van der Waals surface area contributed by atoms with Gasteiger partial charge in [-0.15, -0.1) is 0 Å². The molecule has 2 aliphatic heterocycles. The molecule has 2 saturated heterocycles. The summed E-state index contributed by atoms with van der Waals surface area (Å²) in [7, 11) is 1.81. The van der Waals surface area contributed by atoms with Gasteiger partial charge in [-0.2, -0.15) is 5.10 Å². The van der Waals surface area contributed by atoms with E-state index in [4.69, 9.17) is 0 Å². The normalized spacial score (nSPS) is 24.8. The molecule has 3 heterocycles. The Balaban J connectivity index is 1.46. The van der Waals surface area contributed by atoms with Crippen LogP contribution in [0.5, 0.6) is 0 Å². The molecule has 2 amide bonds. The first kappa shape index (κ1) is 18.5. The van der Waals surface area contributed by atoms with Gasteiger partial charge < -0.3 is 15.5 Å². The van der Waals surface area contributed by atoms with Crippen LogP contribution in [0.4, 0.5) is 14.5 Å². The zero-order valence-electron chi connectivity index (χ0n) is 15.4. The van der Waals surface area contributed by atoms with Crippen molar-refractivity contribution in [3.05, 3.63) is 47.8 Å². The third kappa shape index (κ3) is 3.26. The molecule has 28 heavy (non-hydrogen) atoms. The number of carbonyl (C=O) groups excluding carboxylic acids is 2. The number of aromatic nitrogens is 2. The standard InChI is InChI=1S/C19H21F2N5O2/c1-25-10-11(7-23-25)12-8-22-9-13(12)18(27)24-16-5-6-26(19(16)28)17-14(20)3-2-4-15(17)21/h2-4,7,10,12-13,16,22H,5-6,8-9H2,1H3,(H,24,27)/t12-,13+,16?/m1/s1. The number of aryl methyl sites for hydroxylation is 1. The van der Waals surface area contributed by atoms with Crippen LogP contribution >= 0.6 is 0 Å². The zero-order chi connectivity index (χ0) is 19.8. The minimum Gasteiger partial charge on any atom is -0.344 e. The van der Waals surface area contributed by atoms with Crippen LogP contribution in [0.25, 0.3) is 0 Å². The number of nitrogens with one attached hydrogen (secondary N) is 2. The Morgan fingerprint density at radius 3 is 2.71 bits per heavy atom. The van der Waals surface area contributed by atoms with Gasteiger partial charge in [0.2, 0.25) is 11.8 Å². The molecule has 0 saturated carbocycles. The smallest absolute Gasteiger partial charge is 0.249 e. The van der Waals surface area contributed by atoms with Crippen molar-refractivity contribution in [1.29, 1.82) is 0 Å². The summed E-state index contributed by atoms with van der Waals surface area (Å²) in [4.78, 5) is 26.6. The van der Waals surface area contributed by atoms with Crippen molar-refractivity contribution < 1.29 is 18.4 Å². The fourth-order valence-electron chi connectivity index (χ4n) is 4.00. The number of benzene rings is 1. The highest BCUT2D eigenvalue weighted by Gasteiger charge is 2.40. The SMILES string of the molecule is Cn1cc([C@H]2CNC[C@@H]2C(=O)NC2CCN(c3c(F)cccc3F)C2=O)cn1. The Hall–Kier alpha value is -2.81. The zero-order valence-corrected chi connectivity index (χ0v) is 15.4. The van der Waals surface area contributed by atoms with E-state index in [0.717, 1.165) is 22.6 Å². The number of nitrogens with zero attached hydrogens (tertiary/aromatic N) is 3. The first-order valence-electron chi connectivity index (χ1n) is 9.20. The van der Waals surface area contributed by atoms with Crippen LogP contribution in [-0.2, 0) is 16.6 Å². The largest absolute Gasteiger partial charge is 0.344 e. The number of carbonyl (C=O) groups is 2. The summed E-state index contributed by atoms with van der Waals surface area (Å²) in [6, 6.07) is 2.68. The summed E-state index contributed by atoms with van der Waals surface area (Å²) in [6.45, 7) is 1.30. The van der Waals surface area contributed by atoms with E-state index in [0.29, 0.717) is 19.5 Å². The van der Waals surface area contributed by atoms with Crippen molar-refractivity contribution in [2.45, 2.75) is 18.4 Å². The maximum absolute atomic E-state index is 14.0. The molecule has 7 nitrogen and oxygen atoms in total. The second kappa shape index (κ2) is 7.31. The average molecular weight is 389 g/mol. The Bertz CT molecular complexity index is 895. The predicted molar refractivity (Wildman–Crippen MR) is 97.6 cm³/mol. The summed E-state index contributed by atoms with van der Waals surface area (Å²) in [5, 5.41) is 10.1. The number of hydrogen-bond donors (Lipinski definition) is 2. The monoisotopic (exact) mass is 389 g/mol. The molecule has 2 N–H and O–H groups in total. The lowest BCUT2D eigenvalue weighted by Gasteiger charge is -2.21. The lowest BCUT2D eigenvalue weighted by Crippen LogP contribution is -2.45. The van der Waals surface area contributed by atoms with Crippen LogP contribution in [0, 0.1) is 17.6 Å². The van der Waals surface area contributed by atoms with Crippen molar-refractivity contribution in [1.82, 2.24) is 20.4 Å². The molecule has 0 bridgehead atoms. The van der Waals surface area contributed by atoms with Crippen molar-refractivity contribution in [2.24, 2.45) is 13.0 Å². The highest BCUT2D eigenvalue weighted by molar-refractivity contribution is 6.01. The molecule has 4 rings (SSSR count). The highest BCUT2D eigenvalue weighted by atomic mass is 19.1. The second-order valence-corrected chi connectivity index (χ2v) is 7.23. The number of amides is 2. The highest BCUT2D eigenvalue weighted by Crippen LogP contribution is 2.30. The molecule has 9 heteroatoms. The van der Waals surface area contributed by atoms with Crippen molar-refractivity contribution in [3.63, 3.8) is 0 Å². The molecule has 3 atom stereocenters. The van der Waals surface area contributed by atoms with E-state index in [-0.39, 0.29) is 30.0 Å². The van der Waals surface area contributed by atoms with E-state index in [9.17, 15) is 18.4 Å². The number of halogens is 2. The molecule has 2 aliphatic rings. The van der Waals surface area contributed by atoms with Crippen LogP contribution in [0.1, 0.15) is 17.9 Å². The van der Waals surface area contributed by atoms with Gasteiger partial charge in [0, 0.05) is 38.8 Å². The van der Waals surface area contributed by atoms with E-state index in [1.54, 1.807) is 10.9 Å². The number of anilines is 1. The lowest BCUT2D eigenvalue weighted by molar-refractivity contribution is -0.129. The van der Waals surface area contributed by atoms with E-state index < -0.39 is 23.6 Å². The third-order valence-electron chi connectivity index (χ3n) is 5.43. The molecule has 148 valence electrons. The van der Waals surface area contributed by atoms with Gasteiger partial charge in [-0.3, -0.25) is 14.3 Å². The number of para-hydroxylation sites is 1. The van der Waals surface area contributed by atoms with Crippen LogP contribution in [-0.4, -0.2) is 47.3 Å². The molecule has 1 aromatic carbocycles. The molecule has 1 unspecified atom stereocenters. The first-order valence-corrected chi connectivity index (χ1v) is 9.20. The topological polar surface area (TPSA) is 79.3 Å². The molecule has 2 fully saturated rings. The maximum atomic E-state index is 14.0. The second-order valence-electron chi connectivity index (χ2n) is 7.23. The van der Waals surface area contributed by atoms with Gasteiger partial charge in [-0.25, -0.2) is 8.78 Å². The van der Waals surface area contributed by atoms with Gasteiger partial charge in [0.1, 0.15) is 23.4 Å². The summed E-state index contributed by atoms with van der Waals surface area (Å²) in [5.41, 5.74) is 0.598. The molecular weight excluding hydrogens is 368 g/mol. The Labute approximate surface area is 160 Å². The molecular formula is C19H21F2N5O2. The molecule has 1 aromatic heterocycles. The summed E-state index contributed by atoms with van der Waals surface area (Å²) in [6.07, 6.45) is 3.92. The predicted octanol–water partition coefficient (Wildman–Crippen LogP) is 0.923. The molecule has 2 aromatic rings. The van der Waals surface area contributed by atoms with Crippen LogP contribution in [0.3, 0.4) is 0 Å². The van der Waals surface area contributed by atoms with Gasteiger partial charge in [-0.05, 0) is 24.1 Å². The molecule has 0 aliphatic carbocycles. The van der Waals surface area contributed by atoms with Crippen molar-refractivity contribution in [3.8, 4) is 0 Å². The third-order valence-corrected chi connectivity index (χ3v) is 5.43. The van der Waals surface area contributed by atoms with Gasteiger partial charge in [-0.1, -0.05) is 6.07 Å². The van der Waals surface area contributed by atoms with E-state index >= 15 is 0 Å². The Morgan fingerprint density at radius 1 is 1.29 bits per heavy atom. The summed E-state index contributed by atoms with van der Waals surface area (Å²) < 4.78 is 29.7. The van der Waals surface area contributed by atoms with E-state index in [1.807, 2.05) is 13.2 Å². The summed E-state index contributed by atoms with van der Waals surface area (Å²) in [5.74, 6) is -2.70. The van der Waals surface area contributed by atoms with Gasteiger partial charge in [0.15, 0.2) is 0 Å². The Kier molecular flexibility index (Phi) is 4.84. The van der Waals surface area contributed by atoms with Crippen molar-refractivity contribution in [2.75, 3.05) is 24.5 Å².